The third-order valence-electron chi connectivity index (χ3n) is 3.35. The van der Waals surface area contributed by atoms with Crippen molar-refractivity contribution in [2.75, 3.05) is 24.7 Å². The van der Waals surface area contributed by atoms with Crippen LogP contribution in [0.1, 0.15) is 19.8 Å². The van der Waals surface area contributed by atoms with Crippen molar-refractivity contribution in [3.63, 3.8) is 0 Å². The first-order chi connectivity index (χ1) is 12.9. The van der Waals surface area contributed by atoms with E-state index in [1.165, 1.54) is 4.68 Å². The Morgan fingerprint density at radius 3 is 2.85 bits per heavy atom. The molecule has 0 atom stereocenters. The zero-order valence-electron chi connectivity index (χ0n) is 14.6. The van der Waals surface area contributed by atoms with Crippen LogP contribution < -0.4 is 11.2 Å². The van der Waals surface area contributed by atoms with Crippen molar-refractivity contribution in [1.29, 1.82) is 0 Å². The number of carbonyl (C=O) groups excluding carboxylic acids is 2. The second-order valence-electron chi connectivity index (χ2n) is 5.35. The number of nitrogens with one attached hydrogen (secondary N) is 1. The fourth-order valence-electron chi connectivity index (χ4n) is 2.10. The highest BCUT2D eigenvalue weighted by molar-refractivity contribution is 7.99. The van der Waals surface area contributed by atoms with E-state index in [-0.39, 0.29) is 24.1 Å². The fourth-order valence-corrected chi connectivity index (χ4v) is 3.16. The minimum atomic E-state index is -0.274. The van der Waals surface area contributed by atoms with Crippen LogP contribution in [0.15, 0.2) is 23.4 Å². The summed E-state index contributed by atoms with van der Waals surface area (Å²) in [5.74, 6) is 5.99. The van der Waals surface area contributed by atoms with Crippen LogP contribution in [0, 0.1) is 0 Å². The van der Waals surface area contributed by atoms with Crippen molar-refractivity contribution in [2.45, 2.75) is 24.9 Å². The van der Waals surface area contributed by atoms with Gasteiger partial charge in [-0.3, -0.25) is 9.59 Å². The van der Waals surface area contributed by atoms with Crippen LogP contribution in [0.25, 0.3) is 11.4 Å². The summed E-state index contributed by atoms with van der Waals surface area (Å²) in [6.45, 7) is 2.49. The normalized spacial score (nSPS) is 10.6. The summed E-state index contributed by atoms with van der Waals surface area (Å²) in [5.41, 5.74) is 0.550. The lowest BCUT2D eigenvalue weighted by Crippen LogP contribution is -2.27. The molecule has 1 aromatic carbocycles. The van der Waals surface area contributed by atoms with Gasteiger partial charge in [0.2, 0.25) is 11.1 Å². The molecule has 27 heavy (non-hydrogen) atoms. The molecule has 0 aliphatic carbocycles. The molecule has 8 nitrogen and oxygen atoms in total. The number of benzene rings is 1. The Bertz CT molecular complexity index is 815. The maximum Gasteiger partial charge on any atom is 0.305 e. The Balaban J connectivity index is 1.85. The number of hydrogen-bond donors (Lipinski definition) is 2. The smallest absolute Gasteiger partial charge is 0.305 e. The molecule has 0 spiro atoms. The van der Waals surface area contributed by atoms with Crippen molar-refractivity contribution in [2.24, 2.45) is 0 Å². The summed E-state index contributed by atoms with van der Waals surface area (Å²) in [7, 11) is 0. The lowest BCUT2D eigenvalue weighted by molar-refractivity contribution is -0.143. The van der Waals surface area contributed by atoms with E-state index in [0.717, 1.165) is 11.8 Å². The zero-order chi connectivity index (χ0) is 19.8. The first-order valence-electron chi connectivity index (χ1n) is 8.13. The van der Waals surface area contributed by atoms with Crippen LogP contribution in [0.3, 0.4) is 0 Å². The first kappa shape index (κ1) is 21.3. The van der Waals surface area contributed by atoms with E-state index in [2.05, 4.69) is 15.5 Å². The topological polar surface area (TPSA) is 112 Å². The third kappa shape index (κ3) is 6.30. The summed E-state index contributed by atoms with van der Waals surface area (Å²) in [5, 5.41) is 12.0. The number of aromatic nitrogens is 3. The summed E-state index contributed by atoms with van der Waals surface area (Å²) >= 11 is 13.3. The largest absolute Gasteiger partial charge is 0.466 e. The van der Waals surface area contributed by atoms with Gasteiger partial charge in [0, 0.05) is 23.6 Å². The molecule has 0 saturated carbocycles. The molecule has 146 valence electrons. The lowest BCUT2D eigenvalue weighted by atomic mass is 10.2. The Morgan fingerprint density at radius 2 is 2.11 bits per heavy atom. The van der Waals surface area contributed by atoms with E-state index in [4.69, 9.17) is 33.8 Å². The monoisotopic (exact) mass is 431 g/mol. The van der Waals surface area contributed by atoms with Crippen molar-refractivity contribution >= 4 is 46.8 Å². The molecule has 0 saturated heterocycles. The summed E-state index contributed by atoms with van der Waals surface area (Å²) in [4.78, 5) is 23.1. The molecular weight excluding hydrogens is 413 g/mol. The van der Waals surface area contributed by atoms with E-state index < -0.39 is 0 Å². The Labute approximate surface area is 170 Å². The van der Waals surface area contributed by atoms with Crippen molar-refractivity contribution in [3.05, 3.63) is 28.2 Å². The molecular formula is C16H19Cl2N5O3S. The number of nitrogens with two attached hydrogens (primary N) is 1. The Hall–Kier alpha value is -1.97. The number of esters is 1. The number of ether oxygens (including phenoxy) is 1. The Kier molecular flexibility index (Phi) is 8.21. The van der Waals surface area contributed by atoms with Gasteiger partial charge < -0.3 is 15.9 Å². The number of amides is 1. The van der Waals surface area contributed by atoms with Crippen LogP contribution >= 0.6 is 35.0 Å². The second-order valence-corrected chi connectivity index (χ2v) is 7.13. The predicted octanol–water partition coefficient (Wildman–Crippen LogP) is 2.52. The van der Waals surface area contributed by atoms with Gasteiger partial charge in [0.15, 0.2) is 5.82 Å². The van der Waals surface area contributed by atoms with Gasteiger partial charge in [-0.05, 0) is 31.5 Å². The highest BCUT2D eigenvalue weighted by atomic mass is 35.5. The molecule has 1 amide bonds. The van der Waals surface area contributed by atoms with Crippen molar-refractivity contribution in [3.8, 4) is 11.4 Å². The number of hydrogen-bond acceptors (Lipinski definition) is 7. The second kappa shape index (κ2) is 10.4. The van der Waals surface area contributed by atoms with Gasteiger partial charge in [-0.25, -0.2) is 4.68 Å². The molecule has 0 unspecified atom stereocenters. The number of rotatable bonds is 9. The molecule has 1 heterocycles. The van der Waals surface area contributed by atoms with Crippen molar-refractivity contribution < 1.29 is 14.3 Å². The van der Waals surface area contributed by atoms with Gasteiger partial charge in [0.05, 0.1) is 17.4 Å². The number of nitrogens with zero attached hydrogens (tertiary/aromatic N) is 3. The van der Waals surface area contributed by atoms with Gasteiger partial charge in [-0.1, -0.05) is 35.0 Å². The minimum absolute atomic E-state index is 0.109. The predicted molar refractivity (Wildman–Crippen MR) is 105 cm³/mol. The Morgan fingerprint density at radius 1 is 1.33 bits per heavy atom. The molecule has 0 radical (unpaired) electrons. The average molecular weight is 432 g/mol. The van der Waals surface area contributed by atoms with Crippen LogP contribution in [-0.2, 0) is 14.3 Å². The SMILES string of the molecule is CCOC(=O)CCCNC(=O)CSc1nnc(-c2cc(Cl)ccc2Cl)n1N. The first-order valence-corrected chi connectivity index (χ1v) is 9.87. The molecule has 3 N–H and O–H groups in total. The molecule has 0 bridgehead atoms. The van der Waals surface area contributed by atoms with E-state index in [1.54, 1.807) is 25.1 Å². The maximum atomic E-state index is 11.9. The highest BCUT2D eigenvalue weighted by Crippen LogP contribution is 2.30. The van der Waals surface area contributed by atoms with E-state index in [0.29, 0.717) is 46.2 Å². The number of nitrogen functional groups attached to an aromatic ring is 1. The molecule has 0 fully saturated rings. The van der Waals surface area contributed by atoms with Crippen LogP contribution in [0.2, 0.25) is 10.0 Å². The summed E-state index contributed by atoms with van der Waals surface area (Å²) in [6.07, 6.45) is 0.780. The van der Waals surface area contributed by atoms with Gasteiger partial charge in [-0.15, -0.1) is 10.2 Å². The lowest BCUT2D eigenvalue weighted by Gasteiger charge is -2.06. The highest BCUT2D eigenvalue weighted by Gasteiger charge is 2.16. The maximum absolute atomic E-state index is 11.9. The van der Waals surface area contributed by atoms with Gasteiger partial charge >= 0.3 is 5.97 Å². The minimum Gasteiger partial charge on any atom is -0.466 e. The van der Waals surface area contributed by atoms with Crippen LogP contribution in [-0.4, -0.2) is 45.7 Å². The van der Waals surface area contributed by atoms with Gasteiger partial charge in [0.1, 0.15) is 0 Å². The summed E-state index contributed by atoms with van der Waals surface area (Å²) in [6, 6.07) is 4.94. The molecule has 0 aliphatic rings. The number of halogens is 2. The van der Waals surface area contributed by atoms with Crippen molar-refractivity contribution in [1.82, 2.24) is 20.2 Å². The van der Waals surface area contributed by atoms with E-state index in [1.807, 2.05) is 0 Å². The van der Waals surface area contributed by atoms with E-state index in [9.17, 15) is 9.59 Å². The number of carbonyl (C=O) groups is 2. The fraction of sp³-hybridized carbons (Fsp3) is 0.375. The third-order valence-corrected chi connectivity index (χ3v) is 4.86. The quantitative estimate of drug-likeness (QED) is 0.271. The standard InChI is InChI=1S/C16H19Cl2N5O3S/c1-2-26-14(25)4-3-7-20-13(24)9-27-16-22-21-15(23(16)19)11-8-10(17)5-6-12(11)18/h5-6,8H,2-4,7,9,19H2,1H3,(H,20,24). The van der Waals surface area contributed by atoms with Gasteiger partial charge in [0.25, 0.3) is 0 Å². The molecule has 11 heteroatoms. The van der Waals surface area contributed by atoms with E-state index >= 15 is 0 Å². The summed E-state index contributed by atoms with van der Waals surface area (Å²) < 4.78 is 6.08. The van der Waals surface area contributed by atoms with Gasteiger partial charge in [-0.2, -0.15) is 0 Å². The molecule has 1 aromatic heterocycles. The molecule has 0 aliphatic heterocycles. The average Bonchev–Trinajstić information content (AvgIpc) is 3.00. The molecule has 2 aromatic rings. The van der Waals surface area contributed by atoms with Crippen LogP contribution in [0.4, 0.5) is 0 Å². The number of thioether (sulfide) groups is 1. The molecule has 2 rings (SSSR count). The van der Waals surface area contributed by atoms with Crippen LogP contribution in [0.5, 0.6) is 0 Å². The zero-order valence-corrected chi connectivity index (χ0v) is 16.9.